The maximum absolute atomic E-state index is 5.80. The van der Waals surface area contributed by atoms with Crippen molar-refractivity contribution >= 4 is 28.2 Å². The average molecular weight is 275 g/mol. The van der Waals surface area contributed by atoms with Crippen LogP contribution in [-0.4, -0.2) is 14.5 Å². The molecule has 0 radical (unpaired) electrons. The summed E-state index contributed by atoms with van der Waals surface area (Å²) in [6.45, 7) is 7.23. The standard InChI is InChI=1S/C15H21N3S/c1-4-13-17-11-7-5-6-8-12(11)18(13)10-9-15(2,3)14(16)19/h5-8H,4,9-10H2,1-3H3,(H2,16,19). The predicted octanol–water partition coefficient (Wildman–Crippen LogP) is 3.30. The SMILES string of the molecule is CCc1nc2ccccc2n1CCC(C)(C)C(N)=S. The summed E-state index contributed by atoms with van der Waals surface area (Å²) in [4.78, 5) is 5.25. The van der Waals surface area contributed by atoms with E-state index >= 15 is 0 Å². The zero-order valence-corrected chi connectivity index (χ0v) is 12.6. The lowest BCUT2D eigenvalue weighted by Gasteiger charge is -2.23. The van der Waals surface area contributed by atoms with Crippen LogP contribution in [0, 0.1) is 5.41 Å². The van der Waals surface area contributed by atoms with Crippen LogP contribution >= 0.6 is 12.2 Å². The van der Waals surface area contributed by atoms with Gasteiger partial charge in [-0.1, -0.05) is 45.1 Å². The maximum Gasteiger partial charge on any atom is 0.109 e. The van der Waals surface area contributed by atoms with Crippen LogP contribution in [0.5, 0.6) is 0 Å². The number of imidazole rings is 1. The van der Waals surface area contributed by atoms with Gasteiger partial charge in [0.2, 0.25) is 0 Å². The topological polar surface area (TPSA) is 43.8 Å². The monoisotopic (exact) mass is 275 g/mol. The number of nitrogens with two attached hydrogens (primary N) is 1. The molecule has 0 saturated heterocycles. The van der Waals surface area contributed by atoms with E-state index in [9.17, 15) is 0 Å². The number of para-hydroxylation sites is 2. The molecule has 0 aliphatic heterocycles. The van der Waals surface area contributed by atoms with Gasteiger partial charge in [-0.25, -0.2) is 4.98 Å². The summed E-state index contributed by atoms with van der Waals surface area (Å²) in [6.07, 6.45) is 1.86. The van der Waals surface area contributed by atoms with Crippen LogP contribution in [-0.2, 0) is 13.0 Å². The number of nitrogens with zero attached hydrogens (tertiary/aromatic N) is 2. The largest absolute Gasteiger partial charge is 0.393 e. The van der Waals surface area contributed by atoms with Crippen molar-refractivity contribution in [2.75, 3.05) is 0 Å². The first-order chi connectivity index (χ1) is 8.95. The first kappa shape index (κ1) is 14.0. The van der Waals surface area contributed by atoms with Gasteiger partial charge in [0.25, 0.3) is 0 Å². The lowest BCUT2D eigenvalue weighted by molar-refractivity contribution is 0.434. The van der Waals surface area contributed by atoms with Gasteiger partial charge in [0, 0.05) is 18.4 Å². The van der Waals surface area contributed by atoms with E-state index in [4.69, 9.17) is 18.0 Å². The number of hydrogen-bond acceptors (Lipinski definition) is 2. The highest BCUT2D eigenvalue weighted by Gasteiger charge is 2.22. The molecule has 2 rings (SSSR count). The molecule has 0 spiro atoms. The van der Waals surface area contributed by atoms with Gasteiger partial charge in [-0.05, 0) is 18.6 Å². The third-order valence-corrected chi connectivity index (χ3v) is 4.23. The van der Waals surface area contributed by atoms with Gasteiger partial charge in [0.15, 0.2) is 0 Å². The van der Waals surface area contributed by atoms with Crippen molar-refractivity contribution in [3.63, 3.8) is 0 Å². The van der Waals surface area contributed by atoms with Crippen molar-refractivity contribution in [3.8, 4) is 0 Å². The van der Waals surface area contributed by atoms with Crippen LogP contribution in [0.15, 0.2) is 24.3 Å². The summed E-state index contributed by atoms with van der Waals surface area (Å²) < 4.78 is 2.29. The Morgan fingerprint density at radius 2 is 2.05 bits per heavy atom. The molecule has 0 saturated carbocycles. The van der Waals surface area contributed by atoms with Gasteiger partial charge in [0.1, 0.15) is 5.82 Å². The molecule has 102 valence electrons. The summed E-state index contributed by atoms with van der Waals surface area (Å²) in [5.74, 6) is 1.12. The molecule has 0 fully saturated rings. The van der Waals surface area contributed by atoms with Gasteiger partial charge in [-0.2, -0.15) is 0 Å². The second-order valence-corrected chi connectivity index (χ2v) is 5.96. The Kier molecular flexibility index (Phi) is 3.90. The van der Waals surface area contributed by atoms with Crippen molar-refractivity contribution in [2.45, 2.75) is 40.2 Å². The van der Waals surface area contributed by atoms with Crippen LogP contribution in [0.3, 0.4) is 0 Å². The Hall–Kier alpha value is -1.42. The number of aromatic nitrogens is 2. The fraction of sp³-hybridized carbons (Fsp3) is 0.467. The van der Waals surface area contributed by atoms with E-state index in [-0.39, 0.29) is 5.41 Å². The number of benzene rings is 1. The molecule has 1 heterocycles. The van der Waals surface area contributed by atoms with Crippen molar-refractivity contribution in [3.05, 3.63) is 30.1 Å². The second kappa shape index (κ2) is 5.29. The molecule has 1 aromatic heterocycles. The van der Waals surface area contributed by atoms with Crippen LogP contribution in [0.4, 0.5) is 0 Å². The quantitative estimate of drug-likeness (QED) is 0.851. The number of rotatable bonds is 5. The van der Waals surface area contributed by atoms with Crippen molar-refractivity contribution in [2.24, 2.45) is 11.1 Å². The molecule has 19 heavy (non-hydrogen) atoms. The summed E-state index contributed by atoms with van der Waals surface area (Å²) in [5, 5.41) is 0. The molecular formula is C15H21N3S. The third kappa shape index (κ3) is 2.78. The Morgan fingerprint density at radius 1 is 1.37 bits per heavy atom. The van der Waals surface area contributed by atoms with Crippen LogP contribution in [0.1, 0.15) is 33.0 Å². The minimum absolute atomic E-state index is 0.119. The Labute approximate surface area is 119 Å². The number of fused-ring (bicyclic) bond motifs is 1. The molecule has 0 amide bonds. The normalized spacial score (nSPS) is 11.9. The van der Waals surface area contributed by atoms with Gasteiger partial charge in [-0.3, -0.25) is 0 Å². The summed E-state index contributed by atoms with van der Waals surface area (Å²) >= 11 is 5.14. The van der Waals surface area contributed by atoms with Gasteiger partial charge in [0.05, 0.1) is 16.0 Å². The lowest BCUT2D eigenvalue weighted by atomic mass is 9.89. The zero-order valence-electron chi connectivity index (χ0n) is 11.8. The van der Waals surface area contributed by atoms with E-state index in [1.54, 1.807) is 0 Å². The van der Waals surface area contributed by atoms with Gasteiger partial charge < -0.3 is 10.3 Å². The molecule has 2 aromatic rings. The molecular weight excluding hydrogens is 254 g/mol. The molecule has 0 atom stereocenters. The minimum Gasteiger partial charge on any atom is -0.393 e. The van der Waals surface area contributed by atoms with Gasteiger partial charge >= 0.3 is 0 Å². The molecule has 2 N–H and O–H groups in total. The first-order valence-corrected chi connectivity index (χ1v) is 7.10. The molecule has 0 unspecified atom stereocenters. The van der Waals surface area contributed by atoms with E-state index in [1.165, 1.54) is 5.52 Å². The van der Waals surface area contributed by atoms with Gasteiger partial charge in [-0.15, -0.1) is 0 Å². The van der Waals surface area contributed by atoms with E-state index < -0.39 is 0 Å². The third-order valence-electron chi connectivity index (χ3n) is 3.68. The van der Waals surface area contributed by atoms with Crippen LogP contribution in [0.25, 0.3) is 11.0 Å². The fourth-order valence-electron chi connectivity index (χ4n) is 2.16. The smallest absolute Gasteiger partial charge is 0.109 e. The second-order valence-electron chi connectivity index (χ2n) is 5.52. The summed E-state index contributed by atoms with van der Waals surface area (Å²) in [5.41, 5.74) is 7.94. The molecule has 0 bridgehead atoms. The number of hydrogen-bond donors (Lipinski definition) is 1. The molecule has 4 heteroatoms. The summed E-state index contributed by atoms with van der Waals surface area (Å²) in [6, 6.07) is 8.26. The highest BCUT2D eigenvalue weighted by atomic mass is 32.1. The minimum atomic E-state index is -0.119. The molecule has 1 aromatic carbocycles. The number of aryl methyl sites for hydroxylation is 2. The van der Waals surface area contributed by atoms with E-state index in [0.29, 0.717) is 4.99 Å². The maximum atomic E-state index is 5.80. The van der Waals surface area contributed by atoms with Crippen LogP contribution < -0.4 is 5.73 Å². The van der Waals surface area contributed by atoms with Crippen molar-refractivity contribution in [1.82, 2.24) is 9.55 Å². The Balaban J connectivity index is 2.32. The zero-order chi connectivity index (χ0) is 14.0. The highest BCUT2D eigenvalue weighted by Crippen LogP contribution is 2.24. The summed E-state index contributed by atoms with van der Waals surface area (Å²) in [7, 11) is 0. The fourth-order valence-corrected chi connectivity index (χ4v) is 2.26. The number of thiocarbonyl (C=S) groups is 1. The lowest BCUT2D eigenvalue weighted by Crippen LogP contribution is -2.31. The first-order valence-electron chi connectivity index (χ1n) is 6.70. The highest BCUT2D eigenvalue weighted by molar-refractivity contribution is 7.80. The Morgan fingerprint density at radius 3 is 2.68 bits per heavy atom. The molecule has 0 aliphatic rings. The molecule has 0 aliphatic carbocycles. The van der Waals surface area contributed by atoms with E-state index in [2.05, 4.69) is 48.5 Å². The van der Waals surface area contributed by atoms with Crippen molar-refractivity contribution in [1.29, 1.82) is 0 Å². The van der Waals surface area contributed by atoms with E-state index in [0.717, 1.165) is 30.7 Å². The van der Waals surface area contributed by atoms with Crippen LogP contribution in [0.2, 0.25) is 0 Å². The average Bonchev–Trinajstić information content (AvgIpc) is 2.74. The Bertz CT molecular complexity index is 598. The predicted molar refractivity (Wildman–Crippen MR) is 84.3 cm³/mol. The molecule has 3 nitrogen and oxygen atoms in total. The van der Waals surface area contributed by atoms with Crippen molar-refractivity contribution < 1.29 is 0 Å². The van der Waals surface area contributed by atoms with E-state index in [1.807, 2.05) is 6.07 Å².